The number of nitriles is 1. The van der Waals surface area contributed by atoms with Crippen LogP contribution in [0.4, 0.5) is 5.69 Å². The fourth-order valence-electron chi connectivity index (χ4n) is 1.18. The van der Waals surface area contributed by atoms with Crippen molar-refractivity contribution < 1.29 is 4.79 Å². The second kappa shape index (κ2) is 4.95. The van der Waals surface area contributed by atoms with Crippen molar-refractivity contribution in [3.63, 3.8) is 0 Å². The first kappa shape index (κ1) is 11.6. The summed E-state index contributed by atoms with van der Waals surface area (Å²) in [6, 6.07) is 8.57. The zero-order valence-electron chi connectivity index (χ0n) is 8.48. The minimum Gasteiger partial charge on any atom is -0.321 e. The van der Waals surface area contributed by atoms with Gasteiger partial charge in [-0.2, -0.15) is 5.26 Å². The molecular weight excluding hydrogens is 258 g/mol. The van der Waals surface area contributed by atoms with Crippen LogP contribution < -0.4 is 5.32 Å². The Bertz CT molecular complexity index is 586. The van der Waals surface area contributed by atoms with Gasteiger partial charge in [-0.3, -0.25) is 4.79 Å². The average molecular weight is 264 g/mol. The van der Waals surface area contributed by atoms with Crippen LogP contribution in [0.3, 0.4) is 0 Å². The first-order chi connectivity index (χ1) is 8.19. The molecule has 1 amide bonds. The van der Waals surface area contributed by atoms with Gasteiger partial charge in [0.15, 0.2) is 4.47 Å². The third-order valence-electron chi connectivity index (χ3n) is 1.98. The first-order valence-electron chi connectivity index (χ1n) is 4.61. The number of nitrogens with one attached hydrogen (secondary N) is 1. The lowest BCUT2D eigenvalue weighted by atomic mass is 10.2. The summed E-state index contributed by atoms with van der Waals surface area (Å²) in [5.41, 5.74) is 1.43. The van der Waals surface area contributed by atoms with E-state index in [2.05, 4.69) is 10.3 Å². The van der Waals surface area contributed by atoms with Crippen LogP contribution in [-0.4, -0.2) is 10.9 Å². The summed E-state index contributed by atoms with van der Waals surface area (Å²) in [5.74, 6) is -0.321. The molecule has 2 rings (SSSR count). The normalized spacial score (nSPS) is 9.65. The molecule has 0 fully saturated rings. The molecule has 0 saturated heterocycles. The molecule has 17 heavy (non-hydrogen) atoms. The van der Waals surface area contributed by atoms with E-state index < -0.39 is 0 Å². The van der Waals surface area contributed by atoms with Crippen LogP contribution in [-0.2, 0) is 0 Å². The average Bonchev–Trinajstić information content (AvgIpc) is 2.77. The third kappa shape index (κ3) is 2.81. The lowest BCUT2D eigenvalue weighted by Gasteiger charge is -2.02. The van der Waals surface area contributed by atoms with Gasteiger partial charge in [-0.05, 0) is 24.3 Å². The second-order valence-corrected chi connectivity index (χ2v) is 4.57. The monoisotopic (exact) mass is 263 g/mol. The van der Waals surface area contributed by atoms with Gasteiger partial charge in [0, 0.05) is 11.1 Å². The molecule has 0 unspecified atom stereocenters. The molecule has 0 aliphatic rings. The SMILES string of the molecule is N#Cc1ccc(NC(=O)c2csc(Cl)n2)cc1. The topological polar surface area (TPSA) is 65.8 Å². The number of anilines is 1. The number of aromatic nitrogens is 1. The molecule has 1 aromatic carbocycles. The number of thiazole rings is 1. The van der Waals surface area contributed by atoms with Crippen LogP contribution in [0.5, 0.6) is 0 Å². The number of halogens is 1. The highest BCUT2D eigenvalue weighted by molar-refractivity contribution is 7.14. The van der Waals surface area contributed by atoms with Gasteiger partial charge in [0.05, 0.1) is 11.6 Å². The Morgan fingerprint density at radius 1 is 1.41 bits per heavy atom. The summed E-state index contributed by atoms with van der Waals surface area (Å²) < 4.78 is 0.329. The molecule has 4 nitrogen and oxygen atoms in total. The molecule has 2 aromatic rings. The molecule has 0 spiro atoms. The maximum absolute atomic E-state index is 11.7. The van der Waals surface area contributed by atoms with E-state index in [1.807, 2.05) is 6.07 Å². The number of amides is 1. The second-order valence-electron chi connectivity index (χ2n) is 3.13. The van der Waals surface area contributed by atoms with Crippen molar-refractivity contribution in [2.75, 3.05) is 5.32 Å². The first-order valence-corrected chi connectivity index (χ1v) is 5.87. The van der Waals surface area contributed by atoms with Gasteiger partial charge in [-0.25, -0.2) is 4.98 Å². The summed E-state index contributed by atoms with van der Waals surface area (Å²) >= 11 is 6.84. The zero-order valence-corrected chi connectivity index (χ0v) is 10.0. The van der Waals surface area contributed by atoms with Gasteiger partial charge in [0.1, 0.15) is 5.69 Å². The van der Waals surface area contributed by atoms with E-state index >= 15 is 0 Å². The van der Waals surface area contributed by atoms with Crippen molar-refractivity contribution in [3.05, 3.63) is 45.4 Å². The summed E-state index contributed by atoms with van der Waals surface area (Å²) in [4.78, 5) is 15.6. The predicted octanol–water partition coefficient (Wildman–Crippen LogP) is 2.92. The fourth-order valence-corrected chi connectivity index (χ4v) is 1.92. The molecule has 0 atom stereocenters. The number of rotatable bonds is 2. The van der Waals surface area contributed by atoms with Crippen molar-refractivity contribution in [1.29, 1.82) is 5.26 Å². The molecule has 0 aliphatic carbocycles. The maximum Gasteiger partial charge on any atom is 0.275 e. The van der Waals surface area contributed by atoms with E-state index in [9.17, 15) is 4.79 Å². The van der Waals surface area contributed by atoms with Crippen LogP contribution >= 0.6 is 22.9 Å². The maximum atomic E-state index is 11.7. The minimum atomic E-state index is -0.321. The Morgan fingerprint density at radius 3 is 2.65 bits per heavy atom. The van der Waals surface area contributed by atoms with E-state index in [4.69, 9.17) is 16.9 Å². The van der Waals surface area contributed by atoms with E-state index in [1.165, 1.54) is 11.3 Å². The van der Waals surface area contributed by atoms with Gasteiger partial charge < -0.3 is 5.32 Å². The van der Waals surface area contributed by atoms with Gasteiger partial charge in [-0.1, -0.05) is 11.6 Å². The van der Waals surface area contributed by atoms with Crippen molar-refractivity contribution in [1.82, 2.24) is 4.98 Å². The smallest absolute Gasteiger partial charge is 0.275 e. The van der Waals surface area contributed by atoms with Crippen molar-refractivity contribution in [2.24, 2.45) is 0 Å². The number of hydrogen-bond donors (Lipinski definition) is 1. The van der Waals surface area contributed by atoms with Crippen LogP contribution in [0.2, 0.25) is 4.47 Å². The molecule has 6 heteroatoms. The number of benzene rings is 1. The van der Waals surface area contributed by atoms with Crippen molar-refractivity contribution in [3.8, 4) is 6.07 Å². The van der Waals surface area contributed by atoms with Crippen LogP contribution in [0, 0.1) is 11.3 Å². The highest BCUT2D eigenvalue weighted by Gasteiger charge is 2.09. The lowest BCUT2D eigenvalue weighted by molar-refractivity contribution is 0.102. The van der Waals surface area contributed by atoms with Gasteiger partial charge in [-0.15, -0.1) is 11.3 Å². The minimum absolute atomic E-state index is 0.282. The number of carbonyl (C=O) groups is 1. The zero-order chi connectivity index (χ0) is 12.3. The Kier molecular flexibility index (Phi) is 3.38. The highest BCUT2D eigenvalue weighted by atomic mass is 35.5. The summed E-state index contributed by atoms with van der Waals surface area (Å²) in [6.07, 6.45) is 0. The van der Waals surface area contributed by atoms with Gasteiger partial charge in [0.25, 0.3) is 5.91 Å². The Hall–Kier alpha value is -1.90. The van der Waals surface area contributed by atoms with E-state index in [0.717, 1.165) is 0 Å². The van der Waals surface area contributed by atoms with Gasteiger partial charge in [0.2, 0.25) is 0 Å². The van der Waals surface area contributed by atoms with E-state index in [0.29, 0.717) is 15.7 Å². The molecule has 0 aliphatic heterocycles. The van der Waals surface area contributed by atoms with Crippen LogP contribution in [0.15, 0.2) is 29.6 Å². The quantitative estimate of drug-likeness (QED) is 0.906. The summed E-state index contributed by atoms with van der Waals surface area (Å²) in [6.45, 7) is 0. The predicted molar refractivity (Wildman–Crippen MR) is 66.2 cm³/mol. The van der Waals surface area contributed by atoms with Crippen molar-refractivity contribution >= 4 is 34.5 Å². The number of nitrogens with zero attached hydrogens (tertiary/aromatic N) is 2. The number of hydrogen-bond acceptors (Lipinski definition) is 4. The highest BCUT2D eigenvalue weighted by Crippen LogP contribution is 2.16. The number of carbonyl (C=O) groups excluding carboxylic acids is 1. The molecular formula is C11H6ClN3OS. The molecule has 0 radical (unpaired) electrons. The van der Waals surface area contributed by atoms with Crippen molar-refractivity contribution in [2.45, 2.75) is 0 Å². The molecule has 0 bridgehead atoms. The molecule has 1 heterocycles. The molecule has 1 aromatic heterocycles. The largest absolute Gasteiger partial charge is 0.321 e. The third-order valence-corrected chi connectivity index (χ3v) is 2.96. The van der Waals surface area contributed by atoms with Crippen LogP contribution in [0.25, 0.3) is 0 Å². The Labute approximate surface area is 106 Å². The molecule has 1 N–H and O–H groups in total. The van der Waals surface area contributed by atoms with E-state index in [1.54, 1.807) is 29.6 Å². The Morgan fingerprint density at radius 2 is 2.12 bits per heavy atom. The Balaban J connectivity index is 2.11. The standard InChI is InChI=1S/C11H6ClN3OS/c12-11-15-9(6-17-11)10(16)14-8-3-1-7(5-13)2-4-8/h1-4,6H,(H,14,16). The fraction of sp³-hybridized carbons (Fsp3) is 0. The molecule has 0 saturated carbocycles. The summed E-state index contributed by atoms with van der Waals surface area (Å²) in [5, 5.41) is 12.9. The lowest BCUT2D eigenvalue weighted by Crippen LogP contribution is -2.12. The van der Waals surface area contributed by atoms with Crippen LogP contribution in [0.1, 0.15) is 16.1 Å². The van der Waals surface area contributed by atoms with E-state index in [-0.39, 0.29) is 11.6 Å². The van der Waals surface area contributed by atoms with Gasteiger partial charge >= 0.3 is 0 Å². The summed E-state index contributed by atoms with van der Waals surface area (Å²) in [7, 11) is 0. The molecule has 84 valence electrons.